The van der Waals surface area contributed by atoms with Crippen molar-refractivity contribution >= 4 is 18.9 Å². The van der Waals surface area contributed by atoms with Crippen molar-refractivity contribution in [3.05, 3.63) is 60.2 Å². The summed E-state index contributed by atoms with van der Waals surface area (Å²) in [5, 5.41) is 6.14. The number of rotatable bonds is 15. The average Bonchev–Trinajstić information content (AvgIpc) is 3.22. The third kappa shape index (κ3) is 9.71. The number of hydrogen-bond acceptors (Lipinski definition) is 7. The van der Waals surface area contributed by atoms with Crippen molar-refractivity contribution < 1.29 is 14.2 Å². The van der Waals surface area contributed by atoms with Gasteiger partial charge < -0.3 is 25.8 Å². The normalized spacial score (nSPS) is 19.2. The Bertz CT molecular complexity index is 1030. The lowest BCUT2D eigenvalue weighted by Crippen LogP contribution is -2.58. The van der Waals surface area contributed by atoms with Crippen molar-refractivity contribution in [3.63, 3.8) is 0 Å². The lowest BCUT2D eigenvalue weighted by molar-refractivity contribution is -0.123. The van der Waals surface area contributed by atoms with Crippen LogP contribution in [0.15, 0.2) is 48.9 Å². The van der Waals surface area contributed by atoms with Crippen LogP contribution in [0, 0.1) is 5.92 Å². The standard InChI is InChI=1S/C29H45BN6O3/c1-22(2)18-26(30-36(4)21-29(3,39-30)14-10-5-6-11-15-31)35-27(37)24(19-23-12-8-7-9-13-23)34-28(38)25-20-32-16-17-33-25/h7-9,12-13,16-17,20,22,24,26H,5-6,10-11,14-15,18-19,21,31H2,1-4H3,(H,34,38)(H,35,37). The molecule has 1 aliphatic heterocycles. The summed E-state index contributed by atoms with van der Waals surface area (Å²) in [7, 11) is 1.81. The molecule has 0 bridgehead atoms. The van der Waals surface area contributed by atoms with Gasteiger partial charge in [-0.15, -0.1) is 0 Å². The van der Waals surface area contributed by atoms with Crippen LogP contribution >= 0.6 is 0 Å². The molecule has 2 amide bonds. The van der Waals surface area contributed by atoms with Gasteiger partial charge in [0.2, 0.25) is 5.91 Å². The molecule has 212 valence electrons. The van der Waals surface area contributed by atoms with Gasteiger partial charge in [0, 0.05) is 25.4 Å². The Morgan fingerprint density at radius 3 is 2.54 bits per heavy atom. The van der Waals surface area contributed by atoms with Crippen LogP contribution in [0.3, 0.4) is 0 Å². The number of aromatic nitrogens is 2. The van der Waals surface area contributed by atoms with Crippen LogP contribution < -0.4 is 16.4 Å². The monoisotopic (exact) mass is 536 g/mol. The molecular formula is C29H45BN6O3. The summed E-state index contributed by atoms with van der Waals surface area (Å²) in [6.07, 6.45) is 10.9. The van der Waals surface area contributed by atoms with Gasteiger partial charge in [-0.05, 0) is 51.3 Å². The van der Waals surface area contributed by atoms with Crippen LogP contribution in [0.4, 0.5) is 0 Å². The molecule has 0 aliphatic carbocycles. The highest BCUT2D eigenvalue weighted by molar-refractivity contribution is 6.51. The Kier molecular flexibility index (Phi) is 11.9. The number of carbonyl (C=O) groups is 2. The first-order valence-electron chi connectivity index (χ1n) is 14.2. The first kappa shape index (κ1) is 30.7. The lowest BCUT2D eigenvalue weighted by Gasteiger charge is -2.29. The van der Waals surface area contributed by atoms with Crippen LogP contribution in [0.2, 0.25) is 0 Å². The summed E-state index contributed by atoms with van der Waals surface area (Å²) >= 11 is 0. The van der Waals surface area contributed by atoms with Gasteiger partial charge in [-0.2, -0.15) is 0 Å². The van der Waals surface area contributed by atoms with E-state index < -0.39 is 11.9 Å². The molecule has 9 nitrogen and oxygen atoms in total. The third-order valence-electron chi connectivity index (χ3n) is 7.18. The zero-order chi connectivity index (χ0) is 28.3. The SMILES string of the molecule is CC(C)CC(NC(=O)C(Cc1ccccc1)NC(=O)c1cnccn1)B1OC(C)(CCCCCCN)CN1C. The van der Waals surface area contributed by atoms with Gasteiger partial charge in [0.1, 0.15) is 11.7 Å². The van der Waals surface area contributed by atoms with Gasteiger partial charge in [0.15, 0.2) is 0 Å². The number of amides is 2. The van der Waals surface area contributed by atoms with Crippen LogP contribution in [0.25, 0.3) is 0 Å². The number of carbonyl (C=O) groups excluding carboxylic acids is 2. The molecule has 3 atom stereocenters. The van der Waals surface area contributed by atoms with Crippen molar-refractivity contribution in [3.8, 4) is 0 Å². The molecule has 2 heterocycles. The summed E-state index contributed by atoms with van der Waals surface area (Å²) in [5.74, 6) is -0.560. The molecule has 2 aromatic rings. The highest BCUT2D eigenvalue weighted by Gasteiger charge is 2.47. The van der Waals surface area contributed by atoms with Gasteiger partial charge in [0.25, 0.3) is 5.91 Å². The highest BCUT2D eigenvalue weighted by Crippen LogP contribution is 2.30. The second kappa shape index (κ2) is 15.1. The predicted octanol–water partition coefficient (Wildman–Crippen LogP) is 3.01. The Labute approximate surface area is 233 Å². The van der Waals surface area contributed by atoms with E-state index in [2.05, 4.69) is 53.2 Å². The zero-order valence-corrected chi connectivity index (χ0v) is 23.9. The first-order chi connectivity index (χ1) is 18.7. The summed E-state index contributed by atoms with van der Waals surface area (Å²) in [6.45, 7) is 7.99. The topological polar surface area (TPSA) is 122 Å². The number of benzene rings is 1. The molecule has 1 aromatic heterocycles. The van der Waals surface area contributed by atoms with Crippen molar-refractivity contribution in [1.29, 1.82) is 0 Å². The van der Waals surface area contributed by atoms with Crippen LogP contribution in [0.5, 0.6) is 0 Å². The fourth-order valence-corrected chi connectivity index (χ4v) is 5.31. The number of nitrogens with zero attached hydrogens (tertiary/aromatic N) is 3. The highest BCUT2D eigenvalue weighted by atomic mass is 16.5. The molecular weight excluding hydrogens is 491 g/mol. The van der Waals surface area contributed by atoms with Crippen LogP contribution in [0.1, 0.15) is 75.3 Å². The lowest BCUT2D eigenvalue weighted by atomic mass is 9.68. The number of nitrogens with two attached hydrogens (primary N) is 1. The predicted molar refractivity (Wildman–Crippen MR) is 155 cm³/mol. The Balaban J connectivity index is 1.73. The first-order valence-corrected chi connectivity index (χ1v) is 14.2. The quantitative estimate of drug-likeness (QED) is 0.236. The number of hydrogen-bond donors (Lipinski definition) is 3. The maximum atomic E-state index is 13.8. The van der Waals surface area contributed by atoms with E-state index in [9.17, 15) is 9.59 Å². The van der Waals surface area contributed by atoms with E-state index in [4.69, 9.17) is 10.4 Å². The number of likely N-dealkylation sites (N-methyl/N-ethyl adjacent to an activating group) is 1. The van der Waals surface area contributed by atoms with Crippen molar-refractivity contribution in [2.24, 2.45) is 11.7 Å². The van der Waals surface area contributed by atoms with Gasteiger partial charge in [-0.1, -0.05) is 63.4 Å². The molecule has 1 saturated heterocycles. The van der Waals surface area contributed by atoms with E-state index in [1.165, 1.54) is 18.6 Å². The van der Waals surface area contributed by atoms with Crippen LogP contribution in [-0.2, 0) is 15.9 Å². The van der Waals surface area contributed by atoms with Gasteiger partial charge in [-0.25, -0.2) is 4.98 Å². The molecule has 4 N–H and O–H groups in total. The minimum absolute atomic E-state index is 0.170. The van der Waals surface area contributed by atoms with E-state index in [0.717, 1.165) is 57.2 Å². The summed E-state index contributed by atoms with van der Waals surface area (Å²) in [6, 6.07) is 8.90. The molecule has 1 aromatic carbocycles. The molecule has 3 unspecified atom stereocenters. The largest absolute Gasteiger partial charge is 0.413 e. The van der Waals surface area contributed by atoms with E-state index in [0.29, 0.717) is 12.3 Å². The molecule has 3 rings (SSSR count). The minimum Gasteiger partial charge on any atom is -0.413 e. The summed E-state index contributed by atoms with van der Waals surface area (Å²) in [5.41, 5.74) is 6.48. The Morgan fingerprint density at radius 1 is 1.13 bits per heavy atom. The van der Waals surface area contributed by atoms with E-state index in [1.54, 1.807) is 0 Å². The Hall–Kier alpha value is -2.82. The fraction of sp³-hybridized carbons (Fsp3) is 0.586. The third-order valence-corrected chi connectivity index (χ3v) is 7.18. The smallest absolute Gasteiger partial charge is 0.406 e. The molecule has 1 fully saturated rings. The van der Waals surface area contributed by atoms with Crippen molar-refractivity contribution in [2.75, 3.05) is 20.1 Å². The summed E-state index contributed by atoms with van der Waals surface area (Å²) < 4.78 is 6.66. The van der Waals surface area contributed by atoms with Gasteiger partial charge >= 0.3 is 7.05 Å². The van der Waals surface area contributed by atoms with E-state index >= 15 is 0 Å². The average molecular weight is 537 g/mol. The molecule has 10 heteroatoms. The zero-order valence-electron chi connectivity index (χ0n) is 23.9. The summed E-state index contributed by atoms with van der Waals surface area (Å²) in [4.78, 5) is 37.0. The fourth-order valence-electron chi connectivity index (χ4n) is 5.31. The number of nitrogens with one attached hydrogen (secondary N) is 2. The minimum atomic E-state index is -0.780. The second-order valence-corrected chi connectivity index (χ2v) is 11.4. The Morgan fingerprint density at radius 2 is 1.87 bits per heavy atom. The maximum absolute atomic E-state index is 13.8. The molecule has 0 radical (unpaired) electrons. The molecule has 39 heavy (non-hydrogen) atoms. The van der Waals surface area contributed by atoms with Crippen LogP contribution in [-0.4, -0.2) is 71.4 Å². The molecule has 1 aliphatic rings. The molecule has 0 spiro atoms. The van der Waals surface area contributed by atoms with Gasteiger partial charge in [-0.3, -0.25) is 14.6 Å². The van der Waals surface area contributed by atoms with E-state index in [-0.39, 0.29) is 30.2 Å². The second-order valence-electron chi connectivity index (χ2n) is 11.4. The van der Waals surface area contributed by atoms with Crippen molar-refractivity contribution in [1.82, 2.24) is 25.4 Å². The number of unbranched alkanes of at least 4 members (excludes halogenated alkanes) is 3. The van der Waals surface area contributed by atoms with Gasteiger partial charge in [0.05, 0.1) is 17.7 Å². The maximum Gasteiger partial charge on any atom is 0.406 e. The molecule has 0 saturated carbocycles. The van der Waals surface area contributed by atoms with E-state index in [1.807, 2.05) is 30.3 Å². The van der Waals surface area contributed by atoms with Crippen molar-refractivity contribution in [2.45, 2.75) is 83.3 Å².